The fourth-order valence-corrected chi connectivity index (χ4v) is 2.54. The van der Waals surface area contributed by atoms with Gasteiger partial charge >= 0.3 is 0 Å². The molecule has 0 saturated heterocycles. The van der Waals surface area contributed by atoms with Gasteiger partial charge < -0.3 is 10.6 Å². The molecule has 0 fully saturated rings. The minimum Gasteiger partial charge on any atom is -0.367 e. The first-order valence-electron chi connectivity index (χ1n) is 6.91. The van der Waals surface area contributed by atoms with Gasteiger partial charge in [-0.25, -0.2) is 0 Å². The molecular weight excluding hydrogens is 220 g/mol. The van der Waals surface area contributed by atoms with Gasteiger partial charge in [0.15, 0.2) is 0 Å². The summed E-state index contributed by atoms with van der Waals surface area (Å²) in [6, 6.07) is 8.98. The number of benzene rings is 1. The Balaban J connectivity index is 2.97. The van der Waals surface area contributed by atoms with E-state index in [4.69, 9.17) is 5.73 Å². The third-order valence-electron chi connectivity index (χ3n) is 3.33. The van der Waals surface area contributed by atoms with Crippen LogP contribution in [0.4, 0.5) is 5.69 Å². The number of nitrogens with two attached hydrogens (primary N) is 1. The van der Waals surface area contributed by atoms with Gasteiger partial charge in [0.25, 0.3) is 0 Å². The van der Waals surface area contributed by atoms with Gasteiger partial charge in [-0.1, -0.05) is 39.0 Å². The molecule has 1 rings (SSSR count). The Kier molecular flexibility index (Phi) is 5.21. The van der Waals surface area contributed by atoms with E-state index in [9.17, 15) is 0 Å². The molecular formula is C16H28N2. The molecule has 2 nitrogen and oxygen atoms in total. The molecule has 0 heterocycles. The van der Waals surface area contributed by atoms with Gasteiger partial charge in [-0.05, 0) is 37.3 Å². The van der Waals surface area contributed by atoms with Crippen LogP contribution in [0.1, 0.15) is 39.7 Å². The summed E-state index contributed by atoms with van der Waals surface area (Å²) in [5.41, 5.74) is 8.95. The zero-order valence-electron chi connectivity index (χ0n) is 12.5. The van der Waals surface area contributed by atoms with Crippen molar-refractivity contribution >= 4 is 5.69 Å². The van der Waals surface area contributed by atoms with E-state index >= 15 is 0 Å². The predicted molar refractivity (Wildman–Crippen MR) is 81.1 cm³/mol. The van der Waals surface area contributed by atoms with E-state index in [1.807, 2.05) is 0 Å². The Morgan fingerprint density at radius 3 is 2.28 bits per heavy atom. The summed E-state index contributed by atoms with van der Waals surface area (Å²) in [6.45, 7) is 12.9. The average molecular weight is 248 g/mol. The lowest BCUT2D eigenvalue weighted by Crippen LogP contribution is -2.43. The number of para-hydroxylation sites is 1. The lowest BCUT2D eigenvalue weighted by molar-refractivity contribution is 0.333. The summed E-state index contributed by atoms with van der Waals surface area (Å²) in [4.78, 5) is 2.45. The average Bonchev–Trinajstić information content (AvgIpc) is 2.29. The van der Waals surface area contributed by atoms with Crippen LogP contribution < -0.4 is 10.6 Å². The molecule has 0 amide bonds. The molecule has 1 aromatic carbocycles. The highest BCUT2D eigenvalue weighted by atomic mass is 15.2. The number of aryl methyl sites for hydroxylation is 1. The van der Waals surface area contributed by atoms with Crippen molar-refractivity contribution in [3.63, 3.8) is 0 Å². The first-order chi connectivity index (χ1) is 8.39. The zero-order valence-corrected chi connectivity index (χ0v) is 12.5. The van der Waals surface area contributed by atoms with E-state index in [0.29, 0.717) is 18.0 Å². The van der Waals surface area contributed by atoms with E-state index in [-0.39, 0.29) is 0 Å². The van der Waals surface area contributed by atoms with Crippen molar-refractivity contribution in [3.8, 4) is 0 Å². The summed E-state index contributed by atoms with van der Waals surface area (Å²) in [5, 5.41) is 0. The van der Waals surface area contributed by atoms with Crippen LogP contribution in [0.3, 0.4) is 0 Å². The molecule has 0 aromatic heterocycles. The van der Waals surface area contributed by atoms with Crippen LogP contribution >= 0.6 is 0 Å². The Hall–Kier alpha value is -1.02. The molecule has 0 aliphatic rings. The minimum absolute atomic E-state index is 0.306. The monoisotopic (exact) mass is 248 g/mol. The van der Waals surface area contributed by atoms with Crippen molar-refractivity contribution in [2.75, 3.05) is 18.0 Å². The molecule has 18 heavy (non-hydrogen) atoms. The largest absolute Gasteiger partial charge is 0.367 e. The molecule has 0 bridgehead atoms. The maximum Gasteiger partial charge on any atom is 0.0417 e. The van der Waals surface area contributed by atoms with Crippen molar-refractivity contribution in [2.24, 2.45) is 11.1 Å². The SMILES string of the molecule is CCN(c1ccccc1C)C(CN)CC(C)(C)C. The van der Waals surface area contributed by atoms with E-state index in [0.717, 1.165) is 13.0 Å². The molecule has 1 aromatic rings. The molecule has 102 valence electrons. The number of likely N-dealkylation sites (N-methyl/N-ethyl adjacent to an activating group) is 1. The lowest BCUT2D eigenvalue weighted by atomic mass is 9.87. The normalized spacial score (nSPS) is 13.4. The second-order valence-corrected chi connectivity index (χ2v) is 6.23. The number of hydrogen-bond acceptors (Lipinski definition) is 2. The molecule has 0 aliphatic carbocycles. The van der Waals surface area contributed by atoms with Crippen LogP contribution in [-0.4, -0.2) is 19.1 Å². The van der Waals surface area contributed by atoms with Crippen molar-refractivity contribution in [1.82, 2.24) is 0 Å². The standard InChI is InChI=1S/C16H28N2/c1-6-18(14(12-17)11-16(3,4)5)15-10-8-7-9-13(15)2/h7-10,14H,6,11-12,17H2,1-5H3. The van der Waals surface area contributed by atoms with Crippen LogP contribution in [-0.2, 0) is 0 Å². The minimum atomic E-state index is 0.306. The van der Waals surface area contributed by atoms with Gasteiger partial charge in [0, 0.05) is 24.8 Å². The Bertz CT molecular complexity index is 366. The van der Waals surface area contributed by atoms with E-state index in [1.54, 1.807) is 0 Å². The molecule has 0 aliphatic heterocycles. The quantitative estimate of drug-likeness (QED) is 0.863. The second kappa shape index (κ2) is 6.24. The molecule has 1 atom stereocenters. The number of hydrogen-bond donors (Lipinski definition) is 1. The summed E-state index contributed by atoms with van der Waals surface area (Å²) in [7, 11) is 0. The highest BCUT2D eigenvalue weighted by Gasteiger charge is 2.23. The van der Waals surface area contributed by atoms with Crippen LogP contribution in [0.5, 0.6) is 0 Å². The lowest BCUT2D eigenvalue weighted by Gasteiger charge is -2.36. The van der Waals surface area contributed by atoms with Crippen LogP contribution in [0.15, 0.2) is 24.3 Å². The molecule has 2 N–H and O–H groups in total. The number of rotatable bonds is 5. The number of anilines is 1. The fraction of sp³-hybridized carbons (Fsp3) is 0.625. The van der Waals surface area contributed by atoms with Crippen molar-refractivity contribution < 1.29 is 0 Å². The maximum atomic E-state index is 6.00. The summed E-state index contributed by atoms with van der Waals surface area (Å²) in [6.07, 6.45) is 1.12. The zero-order chi connectivity index (χ0) is 13.8. The van der Waals surface area contributed by atoms with Crippen LogP contribution in [0, 0.1) is 12.3 Å². The first kappa shape index (κ1) is 15.0. The summed E-state index contributed by atoms with van der Waals surface area (Å²) >= 11 is 0. The molecule has 2 heteroatoms. The highest BCUT2D eigenvalue weighted by molar-refractivity contribution is 5.53. The second-order valence-electron chi connectivity index (χ2n) is 6.23. The van der Waals surface area contributed by atoms with Gasteiger partial charge in [0.05, 0.1) is 0 Å². The fourth-order valence-electron chi connectivity index (χ4n) is 2.54. The van der Waals surface area contributed by atoms with E-state index < -0.39 is 0 Å². The Labute approximate surface area is 112 Å². The predicted octanol–water partition coefficient (Wildman–Crippen LogP) is 3.58. The van der Waals surface area contributed by atoms with Gasteiger partial charge in [0.2, 0.25) is 0 Å². The van der Waals surface area contributed by atoms with E-state index in [2.05, 4.69) is 63.8 Å². The first-order valence-corrected chi connectivity index (χ1v) is 6.91. The number of nitrogens with zero attached hydrogens (tertiary/aromatic N) is 1. The molecule has 1 unspecified atom stereocenters. The van der Waals surface area contributed by atoms with Gasteiger partial charge in [-0.3, -0.25) is 0 Å². The van der Waals surface area contributed by atoms with Crippen LogP contribution in [0.2, 0.25) is 0 Å². The molecule has 0 radical (unpaired) electrons. The van der Waals surface area contributed by atoms with Gasteiger partial charge in [-0.2, -0.15) is 0 Å². The molecule has 0 saturated carbocycles. The third kappa shape index (κ3) is 4.02. The van der Waals surface area contributed by atoms with Crippen molar-refractivity contribution in [1.29, 1.82) is 0 Å². The topological polar surface area (TPSA) is 29.3 Å². The Morgan fingerprint density at radius 1 is 1.22 bits per heavy atom. The highest BCUT2D eigenvalue weighted by Crippen LogP contribution is 2.28. The maximum absolute atomic E-state index is 6.00. The van der Waals surface area contributed by atoms with E-state index in [1.165, 1.54) is 11.3 Å². The smallest absolute Gasteiger partial charge is 0.0417 e. The van der Waals surface area contributed by atoms with Crippen molar-refractivity contribution in [2.45, 2.75) is 47.1 Å². The summed E-state index contributed by atoms with van der Waals surface area (Å²) in [5.74, 6) is 0. The van der Waals surface area contributed by atoms with Gasteiger partial charge in [0.1, 0.15) is 0 Å². The van der Waals surface area contributed by atoms with Gasteiger partial charge in [-0.15, -0.1) is 0 Å². The van der Waals surface area contributed by atoms with Crippen molar-refractivity contribution in [3.05, 3.63) is 29.8 Å². The third-order valence-corrected chi connectivity index (χ3v) is 3.33. The Morgan fingerprint density at radius 2 is 1.83 bits per heavy atom. The summed E-state index contributed by atoms with van der Waals surface area (Å²) < 4.78 is 0. The molecule has 0 spiro atoms. The van der Waals surface area contributed by atoms with Crippen LogP contribution in [0.25, 0.3) is 0 Å².